The molecule has 1 fully saturated rings. The average Bonchev–Trinajstić information content (AvgIpc) is 3.14. The third-order valence-electron chi connectivity index (χ3n) is 3.25. The Morgan fingerprint density at radius 1 is 1.33 bits per heavy atom. The van der Waals surface area contributed by atoms with Crippen molar-refractivity contribution in [3.05, 3.63) is 23.7 Å². The zero-order valence-corrected chi connectivity index (χ0v) is 10.9. The Hall–Kier alpha value is -1.91. The summed E-state index contributed by atoms with van der Waals surface area (Å²) in [5, 5.41) is 7.46. The fraction of sp³-hybridized carbons (Fsp3) is 0.462. The van der Waals surface area contributed by atoms with Gasteiger partial charge in [0, 0.05) is 38.0 Å². The van der Waals surface area contributed by atoms with Crippen molar-refractivity contribution in [2.75, 3.05) is 12.4 Å². The van der Waals surface area contributed by atoms with E-state index in [4.69, 9.17) is 0 Å². The maximum Gasteiger partial charge on any atom is 0.165 e. The molecule has 0 atom stereocenters. The lowest BCUT2D eigenvalue weighted by atomic mass is 10.2. The second kappa shape index (κ2) is 4.08. The predicted molar refractivity (Wildman–Crippen MR) is 70.5 cm³/mol. The van der Waals surface area contributed by atoms with E-state index in [9.17, 15) is 0 Å². The van der Waals surface area contributed by atoms with Crippen molar-refractivity contribution in [2.24, 2.45) is 7.05 Å². The molecule has 0 unspecified atom stereocenters. The zero-order chi connectivity index (χ0) is 12.7. The Morgan fingerprint density at radius 3 is 2.67 bits per heavy atom. The van der Waals surface area contributed by atoms with E-state index >= 15 is 0 Å². The molecule has 5 heteroatoms. The van der Waals surface area contributed by atoms with Gasteiger partial charge in [-0.3, -0.25) is 4.68 Å². The summed E-state index contributed by atoms with van der Waals surface area (Å²) >= 11 is 0. The maximum atomic E-state index is 4.68. The van der Waals surface area contributed by atoms with Crippen LogP contribution in [0.1, 0.15) is 30.1 Å². The highest BCUT2D eigenvalue weighted by Crippen LogP contribution is 2.40. The maximum absolute atomic E-state index is 4.68. The van der Waals surface area contributed by atoms with Crippen molar-refractivity contribution in [2.45, 2.75) is 25.7 Å². The second-order valence-electron chi connectivity index (χ2n) is 4.83. The quantitative estimate of drug-likeness (QED) is 0.897. The van der Waals surface area contributed by atoms with Crippen LogP contribution in [0, 0.1) is 6.92 Å². The minimum absolute atomic E-state index is 0.621. The molecule has 1 aliphatic rings. The smallest absolute Gasteiger partial charge is 0.165 e. The molecule has 5 nitrogen and oxygen atoms in total. The molecule has 0 aliphatic heterocycles. The molecule has 0 aromatic carbocycles. The molecule has 0 amide bonds. The van der Waals surface area contributed by atoms with Crippen LogP contribution in [0.3, 0.4) is 0 Å². The molecule has 1 N–H and O–H groups in total. The lowest BCUT2D eigenvalue weighted by Crippen LogP contribution is -2.00. The summed E-state index contributed by atoms with van der Waals surface area (Å²) in [6.07, 6.45) is 4.46. The van der Waals surface area contributed by atoms with E-state index in [1.54, 1.807) is 4.68 Å². The topological polar surface area (TPSA) is 55.6 Å². The van der Waals surface area contributed by atoms with E-state index in [1.807, 2.05) is 33.3 Å². The summed E-state index contributed by atoms with van der Waals surface area (Å²) in [5.41, 5.74) is 3.12. The molecule has 0 spiro atoms. The average molecular weight is 243 g/mol. The van der Waals surface area contributed by atoms with E-state index in [0.29, 0.717) is 5.92 Å². The summed E-state index contributed by atoms with van der Waals surface area (Å²) < 4.78 is 1.80. The summed E-state index contributed by atoms with van der Waals surface area (Å²) in [4.78, 5) is 9.21. The van der Waals surface area contributed by atoms with Crippen LogP contribution in [-0.4, -0.2) is 26.8 Å². The van der Waals surface area contributed by atoms with Gasteiger partial charge in [-0.1, -0.05) is 0 Å². The van der Waals surface area contributed by atoms with Gasteiger partial charge in [0.1, 0.15) is 5.82 Å². The molecule has 1 saturated carbocycles. The standard InChI is InChI=1S/C13H17N5/c1-8-10(7-18(3)17-8)13-15-11(9-4-5-9)6-12(14-2)16-13/h6-7,9H,4-5H2,1-3H3,(H,14,15,16). The van der Waals surface area contributed by atoms with Gasteiger partial charge in [-0.15, -0.1) is 0 Å². The van der Waals surface area contributed by atoms with E-state index in [1.165, 1.54) is 12.8 Å². The van der Waals surface area contributed by atoms with Crippen molar-refractivity contribution in [1.82, 2.24) is 19.7 Å². The molecule has 1 aliphatic carbocycles. The summed E-state index contributed by atoms with van der Waals surface area (Å²) in [6, 6.07) is 2.05. The Morgan fingerprint density at radius 2 is 2.11 bits per heavy atom. The van der Waals surface area contributed by atoms with Gasteiger partial charge < -0.3 is 5.32 Å². The highest BCUT2D eigenvalue weighted by Gasteiger charge is 2.26. The van der Waals surface area contributed by atoms with Crippen molar-refractivity contribution in [1.29, 1.82) is 0 Å². The predicted octanol–water partition coefficient (Wildman–Crippen LogP) is 2.10. The first-order valence-electron chi connectivity index (χ1n) is 6.24. The number of nitrogens with zero attached hydrogens (tertiary/aromatic N) is 4. The van der Waals surface area contributed by atoms with E-state index in [0.717, 1.165) is 28.6 Å². The number of aromatic nitrogens is 4. The van der Waals surface area contributed by atoms with Crippen LogP contribution in [0.25, 0.3) is 11.4 Å². The van der Waals surface area contributed by atoms with Crippen LogP contribution in [0.5, 0.6) is 0 Å². The van der Waals surface area contributed by atoms with E-state index in [2.05, 4.69) is 20.4 Å². The van der Waals surface area contributed by atoms with E-state index < -0.39 is 0 Å². The van der Waals surface area contributed by atoms with Gasteiger partial charge in [0.2, 0.25) is 0 Å². The van der Waals surface area contributed by atoms with Crippen molar-refractivity contribution in [3.8, 4) is 11.4 Å². The molecule has 0 saturated heterocycles. The molecule has 3 rings (SSSR count). The third kappa shape index (κ3) is 1.96. The molecule has 0 bridgehead atoms. The lowest BCUT2D eigenvalue weighted by molar-refractivity contribution is 0.756. The van der Waals surface area contributed by atoms with Gasteiger partial charge in [0.15, 0.2) is 5.82 Å². The van der Waals surface area contributed by atoms with Crippen molar-refractivity contribution >= 4 is 5.82 Å². The second-order valence-corrected chi connectivity index (χ2v) is 4.83. The Kier molecular flexibility index (Phi) is 2.54. The molecule has 18 heavy (non-hydrogen) atoms. The molecule has 0 radical (unpaired) electrons. The Bertz CT molecular complexity index is 583. The molecule has 2 aromatic rings. The van der Waals surface area contributed by atoms with Gasteiger partial charge in [0.05, 0.1) is 11.3 Å². The highest BCUT2D eigenvalue weighted by atomic mass is 15.3. The zero-order valence-electron chi connectivity index (χ0n) is 10.9. The first-order valence-corrected chi connectivity index (χ1v) is 6.24. The molecule has 2 aromatic heterocycles. The van der Waals surface area contributed by atoms with Gasteiger partial charge in [-0.25, -0.2) is 9.97 Å². The number of anilines is 1. The van der Waals surface area contributed by atoms with Crippen LogP contribution in [0.4, 0.5) is 5.82 Å². The first kappa shape index (κ1) is 11.2. The van der Waals surface area contributed by atoms with E-state index in [-0.39, 0.29) is 0 Å². The lowest BCUT2D eigenvalue weighted by Gasteiger charge is -2.06. The van der Waals surface area contributed by atoms with Crippen LogP contribution >= 0.6 is 0 Å². The Balaban J connectivity index is 2.10. The van der Waals surface area contributed by atoms with Crippen molar-refractivity contribution in [3.63, 3.8) is 0 Å². The van der Waals surface area contributed by atoms with Gasteiger partial charge in [-0.2, -0.15) is 5.10 Å². The van der Waals surface area contributed by atoms with Crippen LogP contribution < -0.4 is 5.32 Å². The van der Waals surface area contributed by atoms with Crippen molar-refractivity contribution < 1.29 is 0 Å². The number of rotatable bonds is 3. The van der Waals surface area contributed by atoms with Crippen LogP contribution in [0.2, 0.25) is 0 Å². The SMILES string of the molecule is CNc1cc(C2CC2)nc(-c2cn(C)nc2C)n1. The summed E-state index contributed by atoms with van der Waals surface area (Å²) in [5.74, 6) is 2.27. The minimum atomic E-state index is 0.621. The summed E-state index contributed by atoms with van der Waals surface area (Å²) in [7, 11) is 3.80. The molecular formula is C13H17N5. The molecule has 94 valence electrons. The molecular weight excluding hydrogens is 226 g/mol. The van der Waals surface area contributed by atoms with Crippen LogP contribution in [0.15, 0.2) is 12.3 Å². The number of aryl methyl sites for hydroxylation is 2. The summed E-state index contributed by atoms with van der Waals surface area (Å²) in [6.45, 7) is 1.99. The largest absolute Gasteiger partial charge is 0.373 e. The monoisotopic (exact) mass is 243 g/mol. The van der Waals surface area contributed by atoms with Gasteiger partial charge >= 0.3 is 0 Å². The number of hydrogen-bond donors (Lipinski definition) is 1. The highest BCUT2D eigenvalue weighted by molar-refractivity contribution is 5.59. The Labute approximate surface area is 106 Å². The van der Waals surface area contributed by atoms with Gasteiger partial charge in [0.25, 0.3) is 0 Å². The van der Waals surface area contributed by atoms with Gasteiger partial charge in [-0.05, 0) is 19.8 Å². The fourth-order valence-electron chi connectivity index (χ4n) is 2.12. The van der Waals surface area contributed by atoms with Crippen LogP contribution in [-0.2, 0) is 7.05 Å². The first-order chi connectivity index (χ1) is 8.67. The number of hydrogen-bond acceptors (Lipinski definition) is 4. The minimum Gasteiger partial charge on any atom is -0.373 e. The molecule has 2 heterocycles. The fourth-order valence-corrected chi connectivity index (χ4v) is 2.12. The normalized spacial score (nSPS) is 14.8. The third-order valence-corrected chi connectivity index (χ3v) is 3.25. The number of nitrogens with one attached hydrogen (secondary N) is 1.